The molecule has 20 heavy (non-hydrogen) atoms. The van der Waals surface area contributed by atoms with Crippen LogP contribution in [0.1, 0.15) is 12.0 Å². The van der Waals surface area contributed by atoms with Crippen LogP contribution in [0.25, 0.3) is 10.8 Å². The van der Waals surface area contributed by atoms with E-state index < -0.39 is 0 Å². The van der Waals surface area contributed by atoms with E-state index in [1.807, 2.05) is 6.07 Å². The van der Waals surface area contributed by atoms with Crippen LogP contribution in [0.3, 0.4) is 0 Å². The Morgan fingerprint density at radius 1 is 1.20 bits per heavy atom. The van der Waals surface area contributed by atoms with Crippen LogP contribution in [0, 0.1) is 5.92 Å². The Morgan fingerprint density at radius 3 is 2.75 bits per heavy atom. The maximum Gasteiger partial charge on any atom is 0.119 e. The van der Waals surface area contributed by atoms with Crippen LogP contribution in [-0.4, -0.2) is 31.6 Å². The number of benzene rings is 2. The highest BCUT2D eigenvalue weighted by Gasteiger charge is 2.20. The molecule has 0 aliphatic carbocycles. The highest BCUT2D eigenvalue weighted by Crippen LogP contribution is 2.23. The lowest BCUT2D eigenvalue weighted by molar-refractivity contribution is 0.318. The molecule has 1 atom stereocenters. The van der Waals surface area contributed by atoms with Gasteiger partial charge in [0.15, 0.2) is 0 Å². The summed E-state index contributed by atoms with van der Waals surface area (Å²) in [6.45, 7) is 4.14. The van der Waals surface area contributed by atoms with Gasteiger partial charge in [0.25, 0.3) is 0 Å². The zero-order valence-electron chi connectivity index (χ0n) is 12.0. The normalized spacial score (nSPS) is 19.6. The number of likely N-dealkylation sites (tertiary alicyclic amines) is 1. The second kappa shape index (κ2) is 5.81. The lowest BCUT2D eigenvalue weighted by atomic mass is 10.1. The number of fused-ring (bicyclic) bond motifs is 1. The molecule has 0 radical (unpaired) electrons. The van der Waals surface area contributed by atoms with Crippen molar-refractivity contribution in [3.8, 4) is 5.75 Å². The first-order valence-corrected chi connectivity index (χ1v) is 7.27. The van der Waals surface area contributed by atoms with Crippen LogP contribution in [-0.2, 0) is 6.54 Å². The van der Waals surface area contributed by atoms with Gasteiger partial charge in [-0.25, -0.2) is 0 Å². The van der Waals surface area contributed by atoms with Crippen LogP contribution in [0.5, 0.6) is 5.75 Å². The zero-order valence-corrected chi connectivity index (χ0v) is 12.0. The molecule has 3 nitrogen and oxygen atoms in total. The maximum atomic E-state index is 5.75. The molecule has 0 aromatic heterocycles. The van der Waals surface area contributed by atoms with Crippen molar-refractivity contribution in [3.05, 3.63) is 42.0 Å². The molecule has 3 heteroatoms. The van der Waals surface area contributed by atoms with Crippen molar-refractivity contribution in [1.82, 2.24) is 4.90 Å². The summed E-state index contributed by atoms with van der Waals surface area (Å²) in [4.78, 5) is 2.50. The monoisotopic (exact) mass is 270 g/mol. The van der Waals surface area contributed by atoms with Gasteiger partial charge in [-0.05, 0) is 60.0 Å². The van der Waals surface area contributed by atoms with E-state index >= 15 is 0 Å². The summed E-state index contributed by atoms with van der Waals surface area (Å²) in [5.74, 6) is 1.59. The fraction of sp³-hybridized carbons (Fsp3) is 0.412. The SMILES string of the molecule is COc1ccc2cc(CN3CCC(CN)C3)ccc2c1. The van der Waals surface area contributed by atoms with Gasteiger partial charge in [0.2, 0.25) is 0 Å². The van der Waals surface area contributed by atoms with Crippen molar-refractivity contribution in [2.45, 2.75) is 13.0 Å². The van der Waals surface area contributed by atoms with E-state index in [0.29, 0.717) is 5.92 Å². The summed E-state index contributed by atoms with van der Waals surface area (Å²) in [5.41, 5.74) is 7.13. The molecule has 0 bridgehead atoms. The van der Waals surface area contributed by atoms with Crippen LogP contribution in [0.15, 0.2) is 36.4 Å². The van der Waals surface area contributed by atoms with E-state index in [2.05, 4.69) is 35.2 Å². The zero-order chi connectivity index (χ0) is 13.9. The van der Waals surface area contributed by atoms with Crippen LogP contribution in [0.4, 0.5) is 0 Å². The number of nitrogens with zero attached hydrogens (tertiary/aromatic N) is 1. The number of ether oxygens (including phenoxy) is 1. The Balaban J connectivity index is 1.76. The van der Waals surface area contributed by atoms with Gasteiger partial charge >= 0.3 is 0 Å². The molecule has 0 saturated carbocycles. The largest absolute Gasteiger partial charge is 0.497 e. The summed E-state index contributed by atoms with van der Waals surface area (Å²) >= 11 is 0. The molecule has 1 fully saturated rings. The van der Waals surface area contributed by atoms with E-state index in [-0.39, 0.29) is 0 Å². The average Bonchev–Trinajstić information content (AvgIpc) is 2.94. The molecule has 0 amide bonds. The summed E-state index contributed by atoms with van der Waals surface area (Å²) in [6, 6.07) is 12.9. The number of hydrogen-bond donors (Lipinski definition) is 1. The highest BCUT2D eigenvalue weighted by molar-refractivity contribution is 5.84. The molecule has 1 aliphatic rings. The number of hydrogen-bond acceptors (Lipinski definition) is 3. The fourth-order valence-corrected chi connectivity index (χ4v) is 3.01. The van der Waals surface area contributed by atoms with Gasteiger partial charge in [0, 0.05) is 13.1 Å². The van der Waals surface area contributed by atoms with Crippen LogP contribution in [0.2, 0.25) is 0 Å². The minimum absolute atomic E-state index is 0.680. The lowest BCUT2D eigenvalue weighted by Gasteiger charge is -2.16. The summed E-state index contributed by atoms with van der Waals surface area (Å²) < 4.78 is 5.26. The molecular weight excluding hydrogens is 248 g/mol. The van der Waals surface area contributed by atoms with Gasteiger partial charge in [0.1, 0.15) is 5.75 Å². The Kier molecular flexibility index (Phi) is 3.90. The van der Waals surface area contributed by atoms with E-state index in [4.69, 9.17) is 10.5 Å². The van der Waals surface area contributed by atoms with Gasteiger partial charge in [-0.3, -0.25) is 4.90 Å². The fourth-order valence-electron chi connectivity index (χ4n) is 3.01. The van der Waals surface area contributed by atoms with Crippen molar-refractivity contribution in [1.29, 1.82) is 0 Å². The van der Waals surface area contributed by atoms with Gasteiger partial charge < -0.3 is 10.5 Å². The van der Waals surface area contributed by atoms with E-state index in [1.165, 1.54) is 29.3 Å². The Morgan fingerprint density at radius 2 is 2.00 bits per heavy atom. The van der Waals surface area contributed by atoms with Crippen molar-refractivity contribution < 1.29 is 4.74 Å². The molecule has 2 aromatic carbocycles. The summed E-state index contributed by atoms with van der Waals surface area (Å²) in [5, 5.41) is 2.51. The van der Waals surface area contributed by atoms with Gasteiger partial charge in [-0.2, -0.15) is 0 Å². The Bertz CT molecular complexity index is 597. The van der Waals surface area contributed by atoms with E-state index in [9.17, 15) is 0 Å². The van der Waals surface area contributed by atoms with Crippen molar-refractivity contribution in [2.75, 3.05) is 26.7 Å². The van der Waals surface area contributed by atoms with Gasteiger partial charge in [0.05, 0.1) is 7.11 Å². The first kappa shape index (κ1) is 13.4. The van der Waals surface area contributed by atoms with E-state index in [1.54, 1.807) is 7.11 Å². The second-order valence-electron chi connectivity index (χ2n) is 5.67. The van der Waals surface area contributed by atoms with Crippen molar-refractivity contribution >= 4 is 10.8 Å². The first-order chi connectivity index (χ1) is 9.78. The molecule has 3 rings (SSSR count). The third-order valence-corrected chi connectivity index (χ3v) is 4.22. The maximum absolute atomic E-state index is 5.75. The summed E-state index contributed by atoms with van der Waals surface area (Å²) in [6.07, 6.45) is 1.24. The molecule has 1 unspecified atom stereocenters. The third-order valence-electron chi connectivity index (χ3n) is 4.22. The van der Waals surface area contributed by atoms with Crippen LogP contribution < -0.4 is 10.5 Å². The molecule has 1 heterocycles. The number of nitrogens with two attached hydrogens (primary N) is 1. The molecular formula is C17H22N2O. The molecule has 0 spiro atoms. The van der Waals surface area contributed by atoms with Gasteiger partial charge in [-0.15, -0.1) is 0 Å². The quantitative estimate of drug-likeness (QED) is 0.928. The predicted molar refractivity (Wildman–Crippen MR) is 82.9 cm³/mol. The highest BCUT2D eigenvalue weighted by atomic mass is 16.5. The number of rotatable bonds is 4. The second-order valence-corrected chi connectivity index (χ2v) is 5.67. The molecule has 2 N–H and O–H groups in total. The molecule has 1 aliphatic heterocycles. The molecule has 1 saturated heterocycles. The lowest BCUT2D eigenvalue weighted by Crippen LogP contribution is -2.22. The third kappa shape index (κ3) is 2.79. The van der Waals surface area contributed by atoms with E-state index in [0.717, 1.165) is 25.4 Å². The standard InChI is InChI=1S/C17H22N2O/c1-20-17-5-4-15-8-13(2-3-16(15)9-17)11-19-7-6-14(10-18)12-19/h2-5,8-9,14H,6-7,10-12,18H2,1H3. The van der Waals surface area contributed by atoms with Crippen LogP contribution >= 0.6 is 0 Å². The predicted octanol–water partition coefficient (Wildman–Crippen LogP) is 2.63. The van der Waals surface area contributed by atoms with Crippen molar-refractivity contribution in [3.63, 3.8) is 0 Å². The Hall–Kier alpha value is -1.58. The molecule has 2 aromatic rings. The topological polar surface area (TPSA) is 38.5 Å². The minimum atomic E-state index is 0.680. The summed E-state index contributed by atoms with van der Waals surface area (Å²) in [7, 11) is 1.71. The van der Waals surface area contributed by atoms with Gasteiger partial charge in [-0.1, -0.05) is 18.2 Å². The minimum Gasteiger partial charge on any atom is -0.497 e. The molecule has 106 valence electrons. The first-order valence-electron chi connectivity index (χ1n) is 7.27. The average molecular weight is 270 g/mol. The smallest absolute Gasteiger partial charge is 0.119 e. The Labute approximate surface area is 120 Å². The number of methoxy groups -OCH3 is 1. The van der Waals surface area contributed by atoms with Crippen molar-refractivity contribution in [2.24, 2.45) is 11.7 Å².